The number of aryl methyl sites for hydroxylation is 3. The summed E-state index contributed by atoms with van der Waals surface area (Å²) in [6.45, 7) is 5.86. The van der Waals surface area contributed by atoms with Gasteiger partial charge in [0.2, 0.25) is 0 Å². The molecule has 0 radical (unpaired) electrons. The summed E-state index contributed by atoms with van der Waals surface area (Å²) in [4.78, 5) is 17.2. The highest BCUT2D eigenvalue weighted by atomic mass is 16.1. The summed E-state index contributed by atoms with van der Waals surface area (Å²) < 4.78 is 0. The predicted octanol–water partition coefficient (Wildman–Crippen LogP) is 4.93. The average Bonchev–Trinajstić information content (AvgIpc) is 2.58. The van der Waals surface area contributed by atoms with E-state index in [1.807, 2.05) is 81.4 Å². The van der Waals surface area contributed by atoms with Crippen molar-refractivity contribution in [2.75, 3.05) is 5.32 Å². The maximum Gasteiger partial charge on any atom is 0.257 e. The maximum absolute atomic E-state index is 12.6. The number of rotatable bonds is 3. The third-order valence-corrected chi connectivity index (χ3v) is 4.04. The van der Waals surface area contributed by atoms with Crippen LogP contribution in [-0.2, 0) is 0 Å². The molecule has 1 amide bonds. The van der Waals surface area contributed by atoms with Crippen molar-refractivity contribution in [3.8, 4) is 11.3 Å². The molecule has 3 nitrogen and oxygen atoms in total. The zero-order chi connectivity index (χ0) is 17.1. The van der Waals surface area contributed by atoms with E-state index in [4.69, 9.17) is 0 Å². The average molecular weight is 316 g/mol. The summed E-state index contributed by atoms with van der Waals surface area (Å²) in [7, 11) is 0. The molecule has 120 valence electrons. The smallest absolute Gasteiger partial charge is 0.257 e. The lowest BCUT2D eigenvalue weighted by Crippen LogP contribution is -2.15. The number of hydrogen-bond donors (Lipinski definition) is 1. The Morgan fingerprint density at radius 2 is 1.67 bits per heavy atom. The van der Waals surface area contributed by atoms with Gasteiger partial charge in [0, 0.05) is 11.3 Å². The highest BCUT2D eigenvalue weighted by molar-refractivity contribution is 6.05. The van der Waals surface area contributed by atoms with Gasteiger partial charge in [-0.2, -0.15) is 0 Å². The van der Waals surface area contributed by atoms with Crippen LogP contribution >= 0.6 is 0 Å². The van der Waals surface area contributed by atoms with Crippen LogP contribution in [0.5, 0.6) is 0 Å². The third kappa shape index (κ3) is 3.35. The summed E-state index contributed by atoms with van der Waals surface area (Å²) in [6.07, 6.45) is 0. The summed E-state index contributed by atoms with van der Waals surface area (Å²) in [5.74, 6) is -0.131. The van der Waals surface area contributed by atoms with Gasteiger partial charge >= 0.3 is 0 Å². The first-order valence-electron chi connectivity index (χ1n) is 7.96. The number of carbonyl (C=O) groups excluding carboxylic acids is 1. The summed E-state index contributed by atoms with van der Waals surface area (Å²) in [5.41, 5.74) is 6.23. The number of hydrogen-bond acceptors (Lipinski definition) is 2. The van der Waals surface area contributed by atoms with Crippen LogP contribution < -0.4 is 5.32 Å². The number of pyridine rings is 1. The number of carbonyl (C=O) groups is 1. The Morgan fingerprint density at radius 1 is 0.917 bits per heavy atom. The van der Waals surface area contributed by atoms with Crippen molar-refractivity contribution in [2.45, 2.75) is 20.8 Å². The molecule has 0 saturated heterocycles. The highest BCUT2D eigenvalue weighted by Gasteiger charge is 2.12. The molecule has 3 heteroatoms. The summed E-state index contributed by atoms with van der Waals surface area (Å²) >= 11 is 0. The largest absolute Gasteiger partial charge is 0.322 e. The van der Waals surface area contributed by atoms with Gasteiger partial charge < -0.3 is 5.32 Å². The first-order chi connectivity index (χ1) is 11.5. The van der Waals surface area contributed by atoms with Crippen molar-refractivity contribution in [2.24, 2.45) is 0 Å². The van der Waals surface area contributed by atoms with Gasteiger partial charge in [-0.25, -0.2) is 0 Å². The molecule has 0 aliphatic heterocycles. The van der Waals surface area contributed by atoms with E-state index < -0.39 is 0 Å². The van der Waals surface area contributed by atoms with Crippen LogP contribution in [-0.4, -0.2) is 10.9 Å². The Labute approximate surface area is 142 Å². The molecule has 3 aromatic rings. The van der Waals surface area contributed by atoms with Crippen molar-refractivity contribution < 1.29 is 4.79 Å². The number of amides is 1. The molecular formula is C21H20N2O. The van der Waals surface area contributed by atoms with Crippen molar-refractivity contribution >= 4 is 11.6 Å². The minimum Gasteiger partial charge on any atom is -0.322 e. The topological polar surface area (TPSA) is 42.0 Å². The van der Waals surface area contributed by atoms with Crippen molar-refractivity contribution in [3.05, 3.63) is 83.0 Å². The van der Waals surface area contributed by atoms with E-state index in [2.05, 4.69) is 10.3 Å². The molecule has 0 aliphatic carbocycles. The molecule has 0 unspecified atom stereocenters. The zero-order valence-electron chi connectivity index (χ0n) is 14.1. The Bertz CT molecular complexity index is 886. The third-order valence-electron chi connectivity index (χ3n) is 4.04. The molecule has 0 bridgehead atoms. The van der Waals surface area contributed by atoms with Crippen LogP contribution in [0.1, 0.15) is 27.2 Å². The number of benzene rings is 2. The van der Waals surface area contributed by atoms with E-state index in [1.165, 1.54) is 0 Å². The van der Waals surface area contributed by atoms with Crippen LogP contribution in [0, 0.1) is 20.8 Å². The Hall–Kier alpha value is -2.94. The first-order valence-corrected chi connectivity index (χ1v) is 7.96. The monoisotopic (exact) mass is 316 g/mol. The van der Waals surface area contributed by atoms with Crippen LogP contribution in [0.2, 0.25) is 0 Å². The molecule has 0 saturated carbocycles. The van der Waals surface area contributed by atoms with E-state index in [9.17, 15) is 4.79 Å². The second-order valence-electron chi connectivity index (χ2n) is 5.97. The zero-order valence-corrected chi connectivity index (χ0v) is 14.1. The van der Waals surface area contributed by atoms with Crippen molar-refractivity contribution in [3.63, 3.8) is 0 Å². The summed E-state index contributed by atoms with van der Waals surface area (Å²) in [6, 6.07) is 19.7. The quantitative estimate of drug-likeness (QED) is 0.744. The van der Waals surface area contributed by atoms with E-state index in [-0.39, 0.29) is 5.91 Å². The lowest BCUT2D eigenvalue weighted by atomic mass is 10.1. The maximum atomic E-state index is 12.6. The van der Waals surface area contributed by atoms with Crippen LogP contribution in [0.3, 0.4) is 0 Å². The molecule has 1 N–H and O–H groups in total. The minimum atomic E-state index is -0.131. The number of anilines is 1. The Balaban J connectivity index is 1.87. The minimum absolute atomic E-state index is 0.131. The molecule has 0 aliphatic rings. The second kappa shape index (κ2) is 6.67. The first kappa shape index (κ1) is 15.9. The Morgan fingerprint density at radius 3 is 2.38 bits per heavy atom. The van der Waals surface area contributed by atoms with Gasteiger partial charge in [-0.3, -0.25) is 9.78 Å². The molecule has 0 fully saturated rings. The number of aromatic nitrogens is 1. The van der Waals surface area contributed by atoms with Crippen LogP contribution in [0.15, 0.2) is 60.7 Å². The van der Waals surface area contributed by atoms with Gasteiger partial charge in [0.15, 0.2) is 0 Å². The van der Waals surface area contributed by atoms with Crippen LogP contribution in [0.25, 0.3) is 11.3 Å². The molecular weight excluding hydrogens is 296 g/mol. The molecule has 1 aromatic heterocycles. The lowest BCUT2D eigenvalue weighted by Gasteiger charge is -2.11. The lowest BCUT2D eigenvalue weighted by molar-refractivity contribution is 0.102. The molecule has 0 atom stereocenters. The van der Waals surface area contributed by atoms with Gasteiger partial charge in [-0.05, 0) is 50.1 Å². The molecule has 1 heterocycles. The van der Waals surface area contributed by atoms with E-state index in [0.717, 1.165) is 33.8 Å². The molecule has 3 rings (SSSR count). The van der Waals surface area contributed by atoms with Crippen molar-refractivity contribution in [1.82, 2.24) is 4.98 Å². The predicted molar refractivity (Wildman–Crippen MR) is 98.3 cm³/mol. The molecule has 0 spiro atoms. The van der Waals surface area contributed by atoms with Gasteiger partial charge in [0.05, 0.1) is 17.0 Å². The standard InChI is InChI=1S/C21H20N2O/c1-14-9-10-15(2)20(13-14)23-21(24)18-11-12-19(22-16(18)3)17-7-5-4-6-8-17/h4-13H,1-3H3,(H,23,24). The number of nitrogens with one attached hydrogen (secondary N) is 1. The highest BCUT2D eigenvalue weighted by Crippen LogP contribution is 2.21. The number of nitrogens with zero attached hydrogens (tertiary/aromatic N) is 1. The van der Waals surface area contributed by atoms with Gasteiger partial charge in [0.1, 0.15) is 0 Å². The van der Waals surface area contributed by atoms with E-state index in [0.29, 0.717) is 5.56 Å². The Kier molecular flexibility index (Phi) is 4.43. The normalized spacial score (nSPS) is 10.5. The van der Waals surface area contributed by atoms with E-state index >= 15 is 0 Å². The van der Waals surface area contributed by atoms with Crippen molar-refractivity contribution in [1.29, 1.82) is 0 Å². The molecule has 24 heavy (non-hydrogen) atoms. The van der Waals surface area contributed by atoms with Gasteiger partial charge in [-0.1, -0.05) is 42.5 Å². The fraction of sp³-hybridized carbons (Fsp3) is 0.143. The molecule has 2 aromatic carbocycles. The summed E-state index contributed by atoms with van der Waals surface area (Å²) in [5, 5.41) is 2.99. The fourth-order valence-electron chi connectivity index (χ4n) is 2.63. The fourth-order valence-corrected chi connectivity index (χ4v) is 2.63. The van der Waals surface area contributed by atoms with Gasteiger partial charge in [-0.15, -0.1) is 0 Å². The second-order valence-corrected chi connectivity index (χ2v) is 5.97. The van der Waals surface area contributed by atoms with Gasteiger partial charge in [0.25, 0.3) is 5.91 Å². The SMILES string of the molecule is Cc1ccc(C)c(NC(=O)c2ccc(-c3ccccc3)nc2C)c1. The van der Waals surface area contributed by atoms with E-state index in [1.54, 1.807) is 0 Å². The van der Waals surface area contributed by atoms with Crippen LogP contribution in [0.4, 0.5) is 5.69 Å².